The largest absolute Gasteiger partial charge is 0.497 e. The summed E-state index contributed by atoms with van der Waals surface area (Å²) in [6.07, 6.45) is 0. The number of methoxy groups -OCH3 is 1. The van der Waals surface area contributed by atoms with Crippen LogP contribution in [-0.2, 0) is 16.1 Å². The summed E-state index contributed by atoms with van der Waals surface area (Å²) < 4.78 is 5.22. The average molecular weight is 398 g/mol. The third-order valence-corrected chi connectivity index (χ3v) is 5.05. The van der Waals surface area contributed by atoms with Gasteiger partial charge in [-0.05, 0) is 42.3 Å². The van der Waals surface area contributed by atoms with Crippen LogP contribution in [0.4, 0.5) is 5.69 Å². The molecule has 5 heteroatoms. The minimum atomic E-state index is -0.338. The number of nitrogens with one attached hydrogen (secondary N) is 1. The Bertz CT molecular complexity index is 1100. The lowest BCUT2D eigenvalue weighted by atomic mass is 10.0. The summed E-state index contributed by atoms with van der Waals surface area (Å²) in [5.74, 6) is 0.0321. The monoisotopic (exact) mass is 398 g/mol. The molecule has 5 nitrogen and oxygen atoms in total. The fourth-order valence-corrected chi connectivity index (χ4v) is 3.40. The molecule has 0 atom stereocenters. The maximum atomic E-state index is 13.3. The smallest absolute Gasteiger partial charge is 0.278 e. The van der Waals surface area contributed by atoms with Gasteiger partial charge in [-0.15, -0.1) is 0 Å². The van der Waals surface area contributed by atoms with Crippen molar-refractivity contribution in [3.8, 4) is 5.75 Å². The molecule has 3 aromatic carbocycles. The Hall–Kier alpha value is -3.86. The zero-order valence-corrected chi connectivity index (χ0v) is 16.9. The van der Waals surface area contributed by atoms with Crippen LogP contribution in [0.15, 0.2) is 84.6 Å². The van der Waals surface area contributed by atoms with Crippen LogP contribution in [0.25, 0.3) is 5.57 Å². The summed E-state index contributed by atoms with van der Waals surface area (Å²) in [7, 11) is 1.59. The highest BCUT2D eigenvalue weighted by atomic mass is 16.5. The van der Waals surface area contributed by atoms with Crippen molar-refractivity contribution in [3.05, 3.63) is 101 Å². The maximum Gasteiger partial charge on any atom is 0.278 e. The quantitative estimate of drug-likeness (QED) is 0.626. The number of aryl methyl sites for hydroxylation is 1. The minimum Gasteiger partial charge on any atom is -0.497 e. The summed E-state index contributed by atoms with van der Waals surface area (Å²) >= 11 is 0. The van der Waals surface area contributed by atoms with Gasteiger partial charge in [0.2, 0.25) is 0 Å². The molecular formula is C25H22N2O3. The van der Waals surface area contributed by atoms with Crippen LogP contribution in [0.1, 0.15) is 16.7 Å². The van der Waals surface area contributed by atoms with E-state index in [-0.39, 0.29) is 24.1 Å². The first-order valence-corrected chi connectivity index (χ1v) is 9.69. The number of ether oxygens (including phenoxy) is 1. The molecule has 0 saturated heterocycles. The van der Waals surface area contributed by atoms with E-state index in [0.29, 0.717) is 16.9 Å². The van der Waals surface area contributed by atoms with Gasteiger partial charge < -0.3 is 10.1 Å². The Morgan fingerprint density at radius 2 is 1.50 bits per heavy atom. The van der Waals surface area contributed by atoms with E-state index in [4.69, 9.17) is 4.74 Å². The number of nitrogens with zero attached hydrogens (tertiary/aromatic N) is 1. The van der Waals surface area contributed by atoms with E-state index in [2.05, 4.69) is 5.32 Å². The van der Waals surface area contributed by atoms with Crippen LogP contribution < -0.4 is 10.1 Å². The van der Waals surface area contributed by atoms with Crippen LogP contribution in [0.5, 0.6) is 5.75 Å². The lowest BCUT2D eigenvalue weighted by Gasteiger charge is -2.15. The Kier molecular flexibility index (Phi) is 5.35. The topological polar surface area (TPSA) is 58.6 Å². The minimum absolute atomic E-state index is 0.220. The molecule has 4 rings (SSSR count). The van der Waals surface area contributed by atoms with Gasteiger partial charge in [0.15, 0.2) is 0 Å². The van der Waals surface area contributed by atoms with Crippen molar-refractivity contribution >= 4 is 23.1 Å². The molecule has 150 valence electrons. The first-order valence-electron chi connectivity index (χ1n) is 9.69. The second-order valence-electron chi connectivity index (χ2n) is 7.15. The summed E-state index contributed by atoms with van der Waals surface area (Å²) in [6, 6.07) is 24.3. The summed E-state index contributed by atoms with van der Waals surface area (Å²) in [6.45, 7) is 2.22. The Morgan fingerprint density at radius 1 is 0.833 bits per heavy atom. The van der Waals surface area contributed by atoms with Gasteiger partial charge in [-0.2, -0.15) is 0 Å². The number of hydrogen-bond acceptors (Lipinski definition) is 4. The Labute approximate surface area is 175 Å². The average Bonchev–Trinajstić information content (AvgIpc) is 3.00. The van der Waals surface area contributed by atoms with E-state index in [0.717, 1.165) is 16.8 Å². The van der Waals surface area contributed by atoms with Crippen molar-refractivity contribution in [1.29, 1.82) is 0 Å². The van der Waals surface area contributed by atoms with Crippen molar-refractivity contribution in [2.24, 2.45) is 0 Å². The molecular weight excluding hydrogens is 376 g/mol. The van der Waals surface area contributed by atoms with Gasteiger partial charge in [-0.1, -0.05) is 60.2 Å². The fraction of sp³-hybridized carbons (Fsp3) is 0.120. The van der Waals surface area contributed by atoms with Crippen LogP contribution in [0, 0.1) is 6.92 Å². The predicted molar refractivity (Wildman–Crippen MR) is 117 cm³/mol. The number of benzene rings is 3. The fourth-order valence-electron chi connectivity index (χ4n) is 3.40. The number of amides is 2. The highest BCUT2D eigenvalue weighted by molar-refractivity contribution is 6.36. The van der Waals surface area contributed by atoms with Crippen LogP contribution in [0.3, 0.4) is 0 Å². The third-order valence-electron chi connectivity index (χ3n) is 5.05. The number of rotatable bonds is 6. The first-order chi connectivity index (χ1) is 14.6. The molecule has 0 aromatic heterocycles. The van der Waals surface area contributed by atoms with Crippen LogP contribution in [0.2, 0.25) is 0 Å². The van der Waals surface area contributed by atoms with E-state index < -0.39 is 0 Å². The van der Waals surface area contributed by atoms with E-state index >= 15 is 0 Å². The van der Waals surface area contributed by atoms with Gasteiger partial charge >= 0.3 is 0 Å². The number of anilines is 1. The Balaban J connectivity index is 1.72. The zero-order chi connectivity index (χ0) is 21.1. The van der Waals surface area contributed by atoms with Crippen molar-refractivity contribution in [3.63, 3.8) is 0 Å². The van der Waals surface area contributed by atoms with E-state index in [1.807, 2.05) is 61.5 Å². The molecule has 30 heavy (non-hydrogen) atoms. The zero-order valence-electron chi connectivity index (χ0n) is 16.9. The van der Waals surface area contributed by atoms with Crippen molar-refractivity contribution in [1.82, 2.24) is 4.90 Å². The lowest BCUT2D eigenvalue weighted by molar-refractivity contribution is -0.137. The molecule has 0 fully saturated rings. The summed E-state index contributed by atoms with van der Waals surface area (Å²) in [4.78, 5) is 27.9. The molecule has 1 aliphatic rings. The number of carbonyl (C=O) groups excluding carboxylic acids is 2. The van der Waals surface area contributed by atoms with Gasteiger partial charge in [-0.25, -0.2) is 0 Å². The van der Waals surface area contributed by atoms with E-state index in [1.165, 1.54) is 4.90 Å². The maximum absolute atomic E-state index is 13.3. The van der Waals surface area contributed by atoms with Gasteiger partial charge in [0.1, 0.15) is 11.4 Å². The van der Waals surface area contributed by atoms with Crippen molar-refractivity contribution in [2.75, 3.05) is 12.4 Å². The number of hydrogen-bond donors (Lipinski definition) is 1. The van der Waals surface area contributed by atoms with Crippen molar-refractivity contribution in [2.45, 2.75) is 13.5 Å². The summed E-state index contributed by atoms with van der Waals surface area (Å²) in [5, 5.41) is 3.16. The van der Waals surface area contributed by atoms with Gasteiger partial charge in [-0.3, -0.25) is 14.5 Å². The highest BCUT2D eigenvalue weighted by Crippen LogP contribution is 2.32. The molecule has 3 aromatic rings. The highest BCUT2D eigenvalue weighted by Gasteiger charge is 2.39. The van der Waals surface area contributed by atoms with Gasteiger partial charge in [0.05, 0.1) is 19.2 Å². The molecule has 0 unspecified atom stereocenters. The normalized spacial score (nSPS) is 13.7. The SMILES string of the molecule is COc1ccc(C2=C(Nc3ccccc3)C(=O)N(Cc3ccc(C)cc3)C2=O)cc1. The second kappa shape index (κ2) is 8.25. The number of para-hydroxylation sites is 1. The third kappa shape index (κ3) is 3.82. The molecule has 2 amide bonds. The molecule has 0 radical (unpaired) electrons. The lowest BCUT2D eigenvalue weighted by Crippen LogP contribution is -2.32. The number of imide groups is 1. The molecule has 0 spiro atoms. The number of carbonyl (C=O) groups is 2. The van der Waals surface area contributed by atoms with Crippen LogP contribution >= 0.6 is 0 Å². The van der Waals surface area contributed by atoms with Crippen molar-refractivity contribution < 1.29 is 14.3 Å². The molecule has 1 N–H and O–H groups in total. The van der Waals surface area contributed by atoms with Crippen LogP contribution in [-0.4, -0.2) is 23.8 Å². The first kappa shape index (κ1) is 19.5. The van der Waals surface area contributed by atoms with Gasteiger partial charge in [0.25, 0.3) is 11.8 Å². The van der Waals surface area contributed by atoms with E-state index in [1.54, 1.807) is 31.4 Å². The Morgan fingerprint density at radius 3 is 2.13 bits per heavy atom. The molecule has 0 bridgehead atoms. The molecule has 1 heterocycles. The van der Waals surface area contributed by atoms with E-state index in [9.17, 15) is 9.59 Å². The predicted octanol–water partition coefficient (Wildman–Crippen LogP) is 4.40. The second-order valence-corrected chi connectivity index (χ2v) is 7.15. The molecule has 0 aliphatic carbocycles. The molecule has 0 saturated carbocycles. The molecule has 1 aliphatic heterocycles. The van der Waals surface area contributed by atoms with Gasteiger partial charge in [0, 0.05) is 5.69 Å². The summed E-state index contributed by atoms with van der Waals surface area (Å²) in [5.41, 5.74) is 4.08. The standard InChI is InChI=1S/C25H22N2O3/c1-17-8-10-18(11-9-17)16-27-24(28)22(19-12-14-21(30-2)15-13-19)23(25(27)29)26-20-6-4-3-5-7-20/h3-15,26H,16H2,1-2H3.